The number of Topliss-reactive ketones (excluding diaryl/α,β-unsaturated/α-hetero) is 1. The highest BCUT2D eigenvalue weighted by Crippen LogP contribution is 2.25. The monoisotopic (exact) mass is 294 g/mol. The average Bonchev–Trinajstić information content (AvgIpc) is 2.46. The molecule has 0 saturated carbocycles. The van der Waals surface area contributed by atoms with Crippen molar-refractivity contribution in [3.05, 3.63) is 58.9 Å². The van der Waals surface area contributed by atoms with Crippen molar-refractivity contribution in [1.82, 2.24) is 0 Å². The van der Waals surface area contributed by atoms with Gasteiger partial charge >= 0.3 is 0 Å². The van der Waals surface area contributed by atoms with Crippen LogP contribution in [0.1, 0.15) is 10.4 Å². The third-order valence-electron chi connectivity index (χ3n) is 2.66. The minimum Gasteiger partial charge on any atom is -0.495 e. The first-order valence-electron chi connectivity index (χ1n) is 5.85. The summed E-state index contributed by atoms with van der Waals surface area (Å²) in [6.07, 6.45) is 0. The predicted molar refractivity (Wildman–Crippen MR) is 74.2 cm³/mol. The van der Waals surface area contributed by atoms with Crippen LogP contribution in [0.15, 0.2) is 42.5 Å². The second kappa shape index (κ2) is 6.39. The first-order chi connectivity index (χ1) is 9.60. The number of methoxy groups -OCH3 is 1. The minimum absolute atomic E-state index is 0.145. The van der Waals surface area contributed by atoms with Crippen molar-refractivity contribution < 1.29 is 18.7 Å². The molecule has 0 radical (unpaired) electrons. The van der Waals surface area contributed by atoms with E-state index in [1.807, 2.05) is 0 Å². The van der Waals surface area contributed by atoms with Crippen molar-refractivity contribution in [3.63, 3.8) is 0 Å². The maximum absolute atomic E-state index is 12.7. The van der Waals surface area contributed by atoms with E-state index in [4.69, 9.17) is 21.1 Å². The van der Waals surface area contributed by atoms with Crippen molar-refractivity contribution in [2.45, 2.75) is 0 Å². The van der Waals surface area contributed by atoms with E-state index < -0.39 is 0 Å². The Bertz CT molecular complexity index is 611. The Morgan fingerprint density at radius 2 is 1.90 bits per heavy atom. The molecular weight excluding hydrogens is 283 g/mol. The Morgan fingerprint density at radius 1 is 1.20 bits per heavy atom. The van der Waals surface area contributed by atoms with Gasteiger partial charge in [-0.2, -0.15) is 0 Å². The molecule has 3 nitrogen and oxygen atoms in total. The molecule has 0 unspecified atom stereocenters. The fraction of sp³-hybridized carbons (Fsp3) is 0.133. The third kappa shape index (κ3) is 3.48. The normalized spacial score (nSPS) is 10.2. The Balaban J connectivity index is 2.01. The van der Waals surface area contributed by atoms with Crippen LogP contribution in [-0.4, -0.2) is 19.5 Å². The highest BCUT2D eigenvalue weighted by molar-refractivity contribution is 6.32. The molecule has 0 spiro atoms. The van der Waals surface area contributed by atoms with Gasteiger partial charge in [-0.1, -0.05) is 11.6 Å². The molecule has 0 aliphatic rings. The molecule has 20 heavy (non-hydrogen) atoms. The topological polar surface area (TPSA) is 35.5 Å². The van der Waals surface area contributed by atoms with Crippen molar-refractivity contribution in [1.29, 1.82) is 0 Å². The van der Waals surface area contributed by atoms with Crippen LogP contribution in [0.3, 0.4) is 0 Å². The first-order valence-corrected chi connectivity index (χ1v) is 6.23. The van der Waals surface area contributed by atoms with Gasteiger partial charge in [0.05, 0.1) is 12.1 Å². The Hall–Kier alpha value is -2.07. The molecule has 0 aromatic heterocycles. The lowest BCUT2D eigenvalue weighted by molar-refractivity contribution is 0.0921. The molecule has 0 aliphatic carbocycles. The number of carbonyl (C=O) groups is 1. The lowest BCUT2D eigenvalue weighted by Gasteiger charge is -2.07. The van der Waals surface area contributed by atoms with Gasteiger partial charge in [0, 0.05) is 5.56 Å². The smallest absolute Gasteiger partial charge is 0.200 e. The SMILES string of the molecule is COc1ccc(C(=O)COc2ccc(F)cc2)cc1Cl. The molecule has 0 atom stereocenters. The molecule has 0 heterocycles. The van der Waals surface area contributed by atoms with Gasteiger partial charge in [-0.25, -0.2) is 4.39 Å². The van der Waals surface area contributed by atoms with E-state index in [1.165, 1.54) is 37.4 Å². The Morgan fingerprint density at radius 3 is 2.50 bits per heavy atom. The van der Waals surface area contributed by atoms with Crippen molar-refractivity contribution in [3.8, 4) is 11.5 Å². The van der Waals surface area contributed by atoms with E-state index in [-0.39, 0.29) is 18.2 Å². The zero-order valence-corrected chi connectivity index (χ0v) is 11.5. The van der Waals surface area contributed by atoms with Crippen LogP contribution in [0.25, 0.3) is 0 Å². The number of carbonyl (C=O) groups excluding carboxylic acids is 1. The summed E-state index contributed by atoms with van der Waals surface area (Å²) < 4.78 is 23.0. The molecular formula is C15H12ClFO3. The van der Waals surface area contributed by atoms with E-state index in [0.717, 1.165) is 0 Å². The van der Waals surface area contributed by atoms with E-state index in [9.17, 15) is 9.18 Å². The Labute approximate surface area is 120 Å². The quantitative estimate of drug-likeness (QED) is 0.788. The van der Waals surface area contributed by atoms with Gasteiger partial charge in [0.15, 0.2) is 12.4 Å². The summed E-state index contributed by atoms with van der Waals surface area (Å²) in [5.74, 6) is 0.353. The van der Waals surface area contributed by atoms with Crippen LogP contribution in [0, 0.1) is 5.82 Å². The highest BCUT2D eigenvalue weighted by Gasteiger charge is 2.10. The molecule has 5 heteroatoms. The lowest BCUT2D eigenvalue weighted by Crippen LogP contribution is -2.11. The standard InChI is InChI=1S/C15H12ClFO3/c1-19-15-7-2-10(8-13(15)16)14(18)9-20-12-5-3-11(17)4-6-12/h2-8H,9H2,1H3. The van der Waals surface area contributed by atoms with Crippen LogP contribution in [0.4, 0.5) is 4.39 Å². The van der Waals surface area contributed by atoms with Crippen LogP contribution in [-0.2, 0) is 0 Å². The van der Waals surface area contributed by atoms with E-state index in [2.05, 4.69) is 0 Å². The summed E-state index contributed by atoms with van der Waals surface area (Å²) >= 11 is 5.95. The van der Waals surface area contributed by atoms with Crippen molar-refractivity contribution in [2.75, 3.05) is 13.7 Å². The van der Waals surface area contributed by atoms with Gasteiger partial charge in [-0.05, 0) is 42.5 Å². The van der Waals surface area contributed by atoms with Gasteiger partial charge in [0.2, 0.25) is 0 Å². The maximum atomic E-state index is 12.7. The summed E-state index contributed by atoms with van der Waals surface area (Å²) in [6.45, 7) is -0.145. The number of ether oxygens (including phenoxy) is 2. The van der Waals surface area contributed by atoms with Crippen LogP contribution in [0.5, 0.6) is 11.5 Å². The fourth-order valence-corrected chi connectivity index (χ4v) is 1.86. The van der Waals surface area contributed by atoms with Crippen molar-refractivity contribution in [2.24, 2.45) is 0 Å². The van der Waals surface area contributed by atoms with Gasteiger partial charge in [0.1, 0.15) is 17.3 Å². The molecule has 0 amide bonds. The largest absolute Gasteiger partial charge is 0.495 e. The molecule has 0 fully saturated rings. The van der Waals surface area contributed by atoms with Gasteiger partial charge in [-0.3, -0.25) is 4.79 Å². The van der Waals surface area contributed by atoms with Gasteiger partial charge in [-0.15, -0.1) is 0 Å². The lowest BCUT2D eigenvalue weighted by atomic mass is 10.1. The van der Waals surface area contributed by atoms with Gasteiger partial charge < -0.3 is 9.47 Å². The molecule has 0 N–H and O–H groups in total. The van der Waals surface area contributed by atoms with Crippen LogP contribution in [0.2, 0.25) is 5.02 Å². The number of hydrogen-bond donors (Lipinski definition) is 0. The molecule has 0 bridgehead atoms. The minimum atomic E-state index is -0.356. The first kappa shape index (κ1) is 14.3. The van der Waals surface area contributed by atoms with E-state index >= 15 is 0 Å². The third-order valence-corrected chi connectivity index (χ3v) is 2.95. The molecule has 0 aliphatic heterocycles. The second-order valence-electron chi connectivity index (χ2n) is 4.02. The number of hydrogen-bond acceptors (Lipinski definition) is 3. The van der Waals surface area contributed by atoms with E-state index in [1.54, 1.807) is 12.1 Å². The maximum Gasteiger partial charge on any atom is 0.200 e. The molecule has 2 aromatic carbocycles. The highest BCUT2D eigenvalue weighted by atomic mass is 35.5. The summed E-state index contributed by atoms with van der Waals surface area (Å²) in [6, 6.07) is 10.2. The van der Waals surface area contributed by atoms with Crippen LogP contribution >= 0.6 is 11.6 Å². The zero-order valence-electron chi connectivity index (χ0n) is 10.7. The van der Waals surface area contributed by atoms with E-state index in [0.29, 0.717) is 22.1 Å². The predicted octanol–water partition coefficient (Wildman–Crippen LogP) is 3.75. The zero-order chi connectivity index (χ0) is 14.5. The summed E-state index contributed by atoms with van der Waals surface area (Å²) in [5.41, 5.74) is 0.429. The fourth-order valence-electron chi connectivity index (χ4n) is 1.60. The number of ketones is 1. The number of benzene rings is 2. The van der Waals surface area contributed by atoms with Crippen molar-refractivity contribution >= 4 is 17.4 Å². The van der Waals surface area contributed by atoms with Crippen LogP contribution < -0.4 is 9.47 Å². The molecule has 2 rings (SSSR count). The summed E-state index contributed by atoms with van der Waals surface area (Å²) in [4.78, 5) is 11.9. The Kier molecular flexibility index (Phi) is 4.58. The summed E-state index contributed by atoms with van der Waals surface area (Å²) in [5, 5.41) is 0.361. The second-order valence-corrected chi connectivity index (χ2v) is 4.42. The number of rotatable bonds is 5. The number of halogens is 2. The average molecular weight is 295 g/mol. The molecule has 0 saturated heterocycles. The summed E-state index contributed by atoms with van der Waals surface area (Å²) in [7, 11) is 1.50. The molecule has 2 aromatic rings. The molecule has 104 valence electrons. The van der Waals surface area contributed by atoms with Gasteiger partial charge in [0.25, 0.3) is 0 Å².